The van der Waals surface area contributed by atoms with E-state index in [4.69, 9.17) is 18.6 Å². The van der Waals surface area contributed by atoms with Crippen molar-refractivity contribution in [2.45, 2.75) is 83.0 Å². The zero-order valence-electron chi connectivity index (χ0n) is 41.1. The number of ether oxygens (including phenoxy) is 3. The monoisotopic (exact) mass is 1030 g/mol. The molecule has 1 aromatic heterocycles. The van der Waals surface area contributed by atoms with Gasteiger partial charge in [-0.1, -0.05) is 76.7 Å². The number of hydrogen-bond donors (Lipinski definition) is 0. The number of thiophene rings is 1. The van der Waals surface area contributed by atoms with Crippen molar-refractivity contribution in [1.29, 1.82) is 0 Å². The molecule has 0 amide bonds. The third-order valence-corrected chi connectivity index (χ3v) is 20.0. The first-order valence-corrected chi connectivity index (χ1v) is 31.4. The number of carbonyl (C=O) groups excluding carboxylic acids is 1. The predicted octanol–water partition coefficient (Wildman–Crippen LogP) is 15.5. The topological polar surface area (TPSA) is 71.1 Å². The van der Waals surface area contributed by atoms with Crippen LogP contribution in [0.1, 0.15) is 58.9 Å². The number of hydrogen-bond acceptors (Lipinski definition) is 7. The maximum Gasteiger partial charge on any atom is 0.250 e. The van der Waals surface area contributed by atoms with E-state index in [1.54, 1.807) is 32.7 Å². The lowest BCUT2D eigenvalue weighted by Crippen LogP contribution is -2.43. The van der Waals surface area contributed by atoms with Crippen LogP contribution in [0.3, 0.4) is 0 Å². The lowest BCUT2D eigenvalue weighted by atomic mass is 9.97. The molecule has 0 bridgehead atoms. The van der Waals surface area contributed by atoms with Crippen LogP contribution < -0.4 is 18.6 Å². The first kappa shape index (κ1) is 52.7. The Morgan fingerprint density at radius 3 is 1.72 bits per heavy atom. The fourth-order valence-electron chi connectivity index (χ4n) is 6.31. The highest BCUT2D eigenvalue weighted by atomic mass is 79.9. The Morgan fingerprint density at radius 1 is 0.672 bits per heavy atom. The average Bonchev–Trinajstić information content (AvgIpc) is 3.68. The van der Waals surface area contributed by atoms with Gasteiger partial charge in [-0.05, 0) is 173 Å². The normalized spacial score (nSPS) is 11.7. The van der Waals surface area contributed by atoms with E-state index in [9.17, 15) is 9.00 Å². The molecule has 0 saturated carbocycles. The van der Waals surface area contributed by atoms with Gasteiger partial charge in [0.05, 0.1) is 42.8 Å². The van der Waals surface area contributed by atoms with Crippen LogP contribution in [0.15, 0.2) is 143 Å². The summed E-state index contributed by atoms with van der Waals surface area (Å²) >= 11 is 5.10. The van der Waals surface area contributed by atoms with Crippen LogP contribution in [0, 0.1) is 25.3 Å². The summed E-state index contributed by atoms with van der Waals surface area (Å²) in [6.07, 6.45) is 0. The zero-order chi connectivity index (χ0) is 49.1. The van der Waals surface area contributed by atoms with Gasteiger partial charge in [-0.25, -0.2) is 0 Å². The van der Waals surface area contributed by atoms with E-state index >= 15 is 0 Å². The average molecular weight is 1030 g/mol. The maximum absolute atomic E-state index is 13.5. The predicted molar refractivity (Wildman–Crippen MR) is 291 cm³/mol. The van der Waals surface area contributed by atoms with Crippen LogP contribution in [-0.2, 0) is 16.6 Å². The van der Waals surface area contributed by atoms with E-state index in [0.717, 1.165) is 75.1 Å². The quantitative estimate of drug-likeness (QED) is 0.0730. The molecular weight excluding hydrogens is 969 g/mol. The molecule has 0 fully saturated rings. The second-order valence-corrected chi connectivity index (χ2v) is 31.6. The number of benzene rings is 6. The van der Waals surface area contributed by atoms with Crippen LogP contribution in [-0.4, -0.2) is 47.7 Å². The number of halogens is 1. The molecule has 7 aromatic rings. The molecule has 0 N–H and O–H groups in total. The van der Waals surface area contributed by atoms with Gasteiger partial charge in [0.1, 0.15) is 31.1 Å². The van der Waals surface area contributed by atoms with Gasteiger partial charge in [0.25, 0.3) is 0 Å². The van der Waals surface area contributed by atoms with E-state index in [2.05, 4.69) is 124 Å². The molecule has 11 heteroatoms. The Bertz CT molecular complexity index is 2850. The standard InChI is InChI=1S/C24H20O3S.C17H28OSi2.C15H15BrO2S/c1-15-4-13-20-21(14-15)28-24(17-7-11-19(27-3)12-8-17)22(20)23(25)16-5-9-18(26-2)10-6-16;1-17(2,3)20(7,8)18-16-11-9-15(10-12-16)13-14-19(4,5)6;1-11-3-8-14(16)15(9-11)19(17)10-12-4-6-13(18-2)7-5-12/h4-14H,1-3H3;9-12H,1-8H3;3-9H,10H2,1-2H3. The van der Waals surface area contributed by atoms with E-state index in [1.165, 1.54) is 5.56 Å². The van der Waals surface area contributed by atoms with E-state index in [-0.39, 0.29) is 10.8 Å². The summed E-state index contributed by atoms with van der Waals surface area (Å²) in [5.41, 5.74) is 10.2. The first-order chi connectivity index (χ1) is 31.6. The fourth-order valence-corrected chi connectivity index (χ4v) is 11.2. The van der Waals surface area contributed by atoms with E-state index in [0.29, 0.717) is 11.3 Å². The highest BCUT2D eigenvalue weighted by Crippen LogP contribution is 2.41. The van der Waals surface area contributed by atoms with Crippen molar-refractivity contribution in [3.8, 4) is 44.9 Å². The molecule has 0 aliphatic rings. The summed E-state index contributed by atoms with van der Waals surface area (Å²) in [7, 11) is 0.808. The van der Waals surface area contributed by atoms with Gasteiger partial charge in [-0.2, -0.15) is 0 Å². The molecule has 6 aromatic carbocycles. The van der Waals surface area contributed by atoms with Gasteiger partial charge in [0, 0.05) is 36.1 Å². The van der Waals surface area contributed by atoms with Gasteiger partial charge in [0.2, 0.25) is 8.32 Å². The molecular formula is C56H63BrO6S2Si2. The molecule has 1 unspecified atom stereocenters. The molecule has 67 heavy (non-hydrogen) atoms. The summed E-state index contributed by atoms with van der Waals surface area (Å²) < 4.78 is 36.3. The second kappa shape index (κ2) is 23.2. The van der Waals surface area contributed by atoms with Crippen molar-refractivity contribution in [3.05, 3.63) is 171 Å². The SMILES string of the molecule is CC(C)(C)[Si](C)(C)Oc1ccc(C#C[Si](C)(C)C)cc1.COc1ccc(C(=O)c2c(-c3ccc(OC)cc3)sc3cc(C)ccc23)cc1.COc1ccc(CS(=O)c2cc(C)ccc2Br)cc1. The Morgan fingerprint density at radius 2 is 1.18 bits per heavy atom. The molecule has 1 heterocycles. The number of methoxy groups -OCH3 is 3. The minimum atomic E-state index is -1.74. The summed E-state index contributed by atoms with van der Waals surface area (Å²) in [5, 5.41) is 1.21. The Balaban J connectivity index is 0.000000194. The Kier molecular flexibility index (Phi) is 18.3. The molecule has 0 aliphatic carbocycles. The summed E-state index contributed by atoms with van der Waals surface area (Å²) in [6, 6.07) is 43.1. The van der Waals surface area contributed by atoms with Crippen molar-refractivity contribution in [2.75, 3.05) is 21.3 Å². The number of carbonyl (C=O) groups is 1. The van der Waals surface area contributed by atoms with E-state index in [1.807, 2.05) is 104 Å². The third kappa shape index (κ3) is 14.9. The smallest absolute Gasteiger partial charge is 0.250 e. The Hall–Kier alpha value is -5.23. The summed E-state index contributed by atoms with van der Waals surface area (Å²) in [4.78, 5) is 15.3. The molecule has 0 saturated heterocycles. The van der Waals surface area contributed by atoms with Crippen LogP contribution in [0.4, 0.5) is 0 Å². The minimum Gasteiger partial charge on any atom is -0.544 e. The molecule has 0 aliphatic heterocycles. The van der Waals surface area contributed by atoms with Gasteiger partial charge in [0.15, 0.2) is 5.78 Å². The largest absolute Gasteiger partial charge is 0.544 e. The molecule has 0 spiro atoms. The number of aryl methyl sites for hydroxylation is 2. The highest BCUT2D eigenvalue weighted by Gasteiger charge is 2.39. The number of fused-ring (bicyclic) bond motifs is 1. The second-order valence-electron chi connectivity index (χ2n) is 18.8. The van der Waals surface area contributed by atoms with Gasteiger partial charge < -0.3 is 18.6 Å². The molecule has 6 nitrogen and oxygen atoms in total. The summed E-state index contributed by atoms with van der Waals surface area (Å²) in [5.74, 6) is 7.10. The lowest BCUT2D eigenvalue weighted by Gasteiger charge is -2.36. The van der Waals surface area contributed by atoms with Crippen LogP contribution in [0.5, 0.6) is 23.0 Å². The van der Waals surface area contributed by atoms with Crippen molar-refractivity contribution in [3.63, 3.8) is 0 Å². The summed E-state index contributed by atoms with van der Waals surface area (Å²) in [6.45, 7) is 22.2. The van der Waals surface area contributed by atoms with Crippen LogP contribution >= 0.6 is 27.3 Å². The third-order valence-electron chi connectivity index (χ3n) is 11.2. The molecule has 1 atom stereocenters. The number of rotatable bonds is 11. The van der Waals surface area contributed by atoms with Gasteiger partial charge in [-0.15, -0.1) is 16.9 Å². The van der Waals surface area contributed by atoms with Crippen molar-refractivity contribution in [1.82, 2.24) is 0 Å². The van der Waals surface area contributed by atoms with Crippen molar-refractivity contribution < 1.29 is 27.6 Å². The highest BCUT2D eigenvalue weighted by molar-refractivity contribution is 9.10. The van der Waals surface area contributed by atoms with Crippen LogP contribution in [0.25, 0.3) is 20.5 Å². The molecule has 350 valence electrons. The lowest BCUT2D eigenvalue weighted by molar-refractivity contribution is 0.104. The zero-order valence-corrected chi connectivity index (χ0v) is 46.3. The van der Waals surface area contributed by atoms with Gasteiger partial charge in [-0.3, -0.25) is 9.00 Å². The molecule has 0 radical (unpaired) electrons. The van der Waals surface area contributed by atoms with E-state index < -0.39 is 27.2 Å². The minimum absolute atomic E-state index is 0.0172. The fraction of sp³-hybridized carbons (Fsp3) is 0.268. The maximum atomic E-state index is 13.5. The number of ketones is 1. The van der Waals surface area contributed by atoms with Crippen molar-refractivity contribution in [2.24, 2.45) is 0 Å². The van der Waals surface area contributed by atoms with Gasteiger partial charge >= 0.3 is 0 Å². The Labute approximate surface area is 415 Å². The molecule has 7 rings (SSSR count). The van der Waals surface area contributed by atoms with Crippen LogP contribution in [0.2, 0.25) is 37.8 Å². The first-order valence-electron chi connectivity index (χ1n) is 22.1. The van der Waals surface area contributed by atoms with Crippen molar-refractivity contribution >= 4 is 70.3 Å².